The highest BCUT2D eigenvalue weighted by atomic mass is 35.5. The summed E-state index contributed by atoms with van der Waals surface area (Å²) in [5.74, 6) is -0.0953. The maximum absolute atomic E-state index is 12.2. The van der Waals surface area contributed by atoms with Gasteiger partial charge in [-0.25, -0.2) is 0 Å². The number of hydrogen-bond donors (Lipinski definition) is 1. The number of amides is 2. The van der Waals surface area contributed by atoms with Crippen molar-refractivity contribution in [2.75, 3.05) is 0 Å². The van der Waals surface area contributed by atoms with Crippen molar-refractivity contribution in [3.8, 4) is 5.75 Å². The van der Waals surface area contributed by atoms with Gasteiger partial charge in [-0.15, -0.1) is 0 Å². The van der Waals surface area contributed by atoms with Crippen LogP contribution in [0.4, 0.5) is 0 Å². The third-order valence-electron chi connectivity index (χ3n) is 4.43. The van der Waals surface area contributed by atoms with Crippen molar-refractivity contribution < 1.29 is 14.3 Å². The number of ether oxygens (including phenoxy) is 1. The Balaban J connectivity index is 1.59. The summed E-state index contributed by atoms with van der Waals surface area (Å²) in [6.45, 7) is 1.74. The number of carbonyl (C=O) groups excluding carboxylic acids is 2. The van der Waals surface area contributed by atoms with Crippen LogP contribution in [-0.4, -0.2) is 17.0 Å². The van der Waals surface area contributed by atoms with E-state index in [-0.39, 0.29) is 11.1 Å². The van der Waals surface area contributed by atoms with Crippen molar-refractivity contribution in [2.24, 2.45) is 4.99 Å². The smallest absolute Gasteiger partial charge is 0.286 e. The summed E-state index contributed by atoms with van der Waals surface area (Å²) in [6, 6.07) is 19.5. The molecule has 0 atom stereocenters. The van der Waals surface area contributed by atoms with Gasteiger partial charge in [0.1, 0.15) is 12.4 Å². The van der Waals surface area contributed by atoms with Gasteiger partial charge in [-0.1, -0.05) is 54.1 Å². The van der Waals surface area contributed by atoms with E-state index in [1.165, 1.54) is 6.92 Å². The number of benzene rings is 3. The summed E-state index contributed by atoms with van der Waals surface area (Å²) in [5.41, 5.74) is 1.72. The van der Waals surface area contributed by atoms with Crippen LogP contribution in [0.15, 0.2) is 70.6 Å². The number of fused-ring (bicyclic) bond motifs is 1. The predicted molar refractivity (Wildman–Crippen MR) is 122 cm³/mol. The van der Waals surface area contributed by atoms with E-state index in [9.17, 15) is 9.59 Å². The largest absolute Gasteiger partial charge is 0.488 e. The van der Waals surface area contributed by atoms with Crippen LogP contribution in [0.5, 0.6) is 5.75 Å². The first-order valence-corrected chi connectivity index (χ1v) is 10.4. The maximum atomic E-state index is 12.2. The van der Waals surface area contributed by atoms with Crippen molar-refractivity contribution in [1.29, 1.82) is 0 Å². The minimum Gasteiger partial charge on any atom is -0.488 e. The van der Waals surface area contributed by atoms with E-state index < -0.39 is 5.91 Å². The first-order chi connectivity index (χ1) is 14.5. The molecule has 30 heavy (non-hydrogen) atoms. The molecule has 1 aliphatic rings. The van der Waals surface area contributed by atoms with Gasteiger partial charge >= 0.3 is 0 Å². The molecule has 0 bridgehead atoms. The SMILES string of the molecule is CC(=O)NC1=NC(=O)/C(=C/c2cc(Cl)ccc2OCc2cccc3ccccc23)S1. The fourth-order valence-electron chi connectivity index (χ4n) is 3.09. The maximum Gasteiger partial charge on any atom is 0.286 e. The molecular formula is C23H17ClN2O3S. The molecular weight excluding hydrogens is 420 g/mol. The fourth-order valence-corrected chi connectivity index (χ4v) is 4.12. The van der Waals surface area contributed by atoms with Gasteiger partial charge in [0.05, 0.1) is 4.91 Å². The molecule has 0 fully saturated rings. The van der Waals surface area contributed by atoms with Crippen molar-refractivity contribution in [3.05, 3.63) is 81.7 Å². The second-order valence-corrected chi connectivity index (χ2v) is 8.09. The molecule has 3 aromatic rings. The zero-order chi connectivity index (χ0) is 21.1. The zero-order valence-electron chi connectivity index (χ0n) is 16.0. The van der Waals surface area contributed by atoms with Crippen molar-refractivity contribution >= 4 is 57.2 Å². The molecule has 0 aromatic heterocycles. The molecule has 0 unspecified atom stereocenters. The van der Waals surface area contributed by atoms with E-state index in [0.717, 1.165) is 28.1 Å². The van der Waals surface area contributed by atoms with Crippen LogP contribution in [0.3, 0.4) is 0 Å². The summed E-state index contributed by atoms with van der Waals surface area (Å²) in [6.07, 6.45) is 1.68. The molecule has 0 saturated carbocycles. The van der Waals surface area contributed by atoms with Crippen LogP contribution >= 0.6 is 23.4 Å². The second-order valence-electron chi connectivity index (χ2n) is 6.62. The molecule has 150 valence electrons. The molecule has 0 spiro atoms. The highest BCUT2D eigenvalue weighted by Gasteiger charge is 2.23. The lowest BCUT2D eigenvalue weighted by atomic mass is 10.1. The average Bonchev–Trinajstić information content (AvgIpc) is 3.05. The van der Waals surface area contributed by atoms with Gasteiger partial charge in [-0.2, -0.15) is 4.99 Å². The predicted octanol–water partition coefficient (Wildman–Crippen LogP) is 5.18. The summed E-state index contributed by atoms with van der Waals surface area (Å²) in [4.78, 5) is 27.6. The monoisotopic (exact) mass is 436 g/mol. The lowest BCUT2D eigenvalue weighted by molar-refractivity contribution is -0.117. The van der Waals surface area contributed by atoms with Gasteiger partial charge < -0.3 is 10.1 Å². The van der Waals surface area contributed by atoms with Crippen molar-refractivity contribution in [3.63, 3.8) is 0 Å². The van der Waals surface area contributed by atoms with Gasteiger partial charge in [-0.05, 0) is 52.4 Å². The van der Waals surface area contributed by atoms with Gasteiger partial charge in [0, 0.05) is 17.5 Å². The number of amidine groups is 1. The van der Waals surface area contributed by atoms with Crippen LogP contribution in [0, 0.1) is 0 Å². The van der Waals surface area contributed by atoms with Crippen LogP contribution in [0.1, 0.15) is 18.1 Å². The van der Waals surface area contributed by atoms with Crippen LogP contribution in [0.25, 0.3) is 16.8 Å². The van der Waals surface area contributed by atoms with Gasteiger partial charge in [-0.3, -0.25) is 9.59 Å². The number of halogens is 1. The number of hydrogen-bond acceptors (Lipinski definition) is 4. The molecule has 0 radical (unpaired) electrons. The number of nitrogens with one attached hydrogen (secondary N) is 1. The molecule has 1 heterocycles. The Hall–Kier alpha value is -3.09. The molecule has 3 aromatic carbocycles. The minimum absolute atomic E-state index is 0.263. The van der Waals surface area contributed by atoms with Crippen molar-refractivity contribution in [1.82, 2.24) is 5.32 Å². The first kappa shape index (κ1) is 20.2. The van der Waals surface area contributed by atoms with Crippen LogP contribution in [-0.2, 0) is 16.2 Å². The molecule has 1 N–H and O–H groups in total. The second kappa shape index (κ2) is 8.73. The van der Waals surface area contributed by atoms with Gasteiger partial charge in [0.25, 0.3) is 5.91 Å². The van der Waals surface area contributed by atoms with E-state index >= 15 is 0 Å². The first-order valence-electron chi connectivity index (χ1n) is 9.19. The topological polar surface area (TPSA) is 67.8 Å². The quantitative estimate of drug-likeness (QED) is 0.572. The Bertz CT molecular complexity index is 1210. The van der Waals surface area contributed by atoms with E-state index in [1.807, 2.05) is 24.3 Å². The van der Waals surface area contributed by atoms with Crippen molar-refractivity contribution in [2.45, 2.75) is 13.5 Å². The number of nitrogens with zero attached hydrogens (tertiary/aromatic N) is 1. The summed E-state index contributed by atoms with van der Waals surface area (Å²) < 4.78 is 6.09. The summed E-state index contributed by atoms with van der Waals surface area (Å²) in [7, 11) is 0. The third kappa shape index (κ3) is 4.56. The summed E-state index contributed by atoms with van der Waals surface area (Å²) in [5, 5.41) is 5.60. The molecule has 7 heteroatoms. The molecule has 0 aliphatic carbocycles. The number of thioether (sulfide) groups is 1. The van der Waals surface area contributed by atoms with E-state index in [2.05, 4.69) is 28.5 Å². The number of rotatable bonds is 4. The minimum atomic E-state index is -0.413. The Morgan fingerprint density at radius 3 is 2.80 bits per heavy atom. The molecule has 4 rings (SSSR count). The van der Waals surface area contributed by atoms with Crippen LogP contribution in [0.2, 0.25) is 5.02 Å². The molecule has 2 amide bonds. The lowest BCUT2D eigenvalue weighted by Gasteiger charge is -2.12. The fraction of sp³-hybridized carbons (Fsp3) is 0.0870. The zero-order valence-corrected chi connectivity index (χ0v) is 17.6. The van der Waals surface area contributed by atoms with E-state index in [4.69, 9.17) is 16.3 Å². The Kier molecular flexibility index (Phi) is 5.88. The molecule has 1 aliphatic heterocycles. The average molecular weight is 437 g/mol. The number of aliphatic imine (C=N–C) groups is 1. The van der Waals surface area contributed by atoms with Crippen LogP contribution < -0.4 is 10.1 Å². The lowest BCUT2D eigenvalue weighted by Crippen LogP contribution is -2.23. The van der Waals surface area contributed by atoms with Gasteiger partial charge in [0.2, 0.25) is 5.91 Å². The molecule has 5 nitrogen and oxygen atoms in total. The Morgan fingerprint density at radius 1 is 1.17 bits per heavy atom. The Morgan fingerprint density at radius 2 is 1.97 bits per heavy atom. The highest BCUT2D eigenvalue weighted by Crippen LogP contribution is 2.32. The normalized spacial score (nSPS) is 14.8. The molecule has 0 saturated heterocycles. The standard InChI is InChI=1S/C23H17ClN2O3S/c1-14(27)25-23-26-22(28)21(30-23)12-17-11-18(24)9-10-20(17)29-13-16-7-4-6-15-5-2-3-8-19(15)16/h2-12H,13H2,1H3,(H,25,26,27,28)/b21-12-. The van der Waals surface area contributed by atoms with E-state index in [0.29, 0.717) is 27.8 Å². The third-order valence-corrected chi connectivity index (χ3v) is 5.56. The summed E-state index contributed by atoms with van der Waals surface area (Å²) >= 11 is 7.27. The highest BCUT2D eigenvalue weighted by molar-refractivity contribution is 8.18. The Labute approximate surface area is 182 Å². The van der Waals surface area contributed by atoms with Gasteiger partial charge in [0.15, 0.2) is 5.17 Å². The number of carbonyl (C=O) groups is 2. The van der Waals surface area contributed by atoms with E-state index in [1.54, 1.807) is 24.3 Å².